The third-order valence-electron chi connectivity index (χ3n) is 5.90. The zero-order chi connectivity index (χ0) is 26.6. The zero-order valence-corrected chi connectivity index (χ0v) is 19.8. The molecule has 1 fully saturated rings. The van der Waals surface area contributed by atoms with E-state index in [4.69, 9.17) is 4.74 Å². The number of nitrogens with one attached hydrogen (secondary N) is 2. The monoisotopic (exact) mass is 528 g/mol. The summed E-state index contributed by atoms with van der Waals surface area (Å²) in [6.45, 7) is 3.12. The molecule has 1 aliphatic rings. The number of rotatable bonds is 9. The van der Waals surface area contributed by atoms with Crippen LogP contribution in [0.25, 0.3) is 0 Å². The maximum atomic E-state index is 13.2. The lowest BCUT2D eigenvalue weighted by molar-refractivity contribution is -0.138. The molecule has 1 saturated heterocycles. The largest absolute Gasteiger partial charge is 0.423 e. The number of hydrogen-bond acceptors (Lipinski definition) is 8. The lowest BCUT2D eigenvalue weighted by atomic mass is 10.1. The molecule has 1 aliphatic heterocycles. The van der Waals surface area contributed by atoms with E-state index in [1.54, 1.807) is 29.0 Å². The predicted molar refractivity (Wildman–Crippen MR) is 122 cm³/mol. The van der Waals surface area contributed by atoms with Crippen LogP contribution in [0.4, 0.5) is 33.5 Å². The maximum absolute atomic E-state index is 13.2. The molecule has 1 atom stereocenters. The van der Waals surface area contributed by atoms with Crippen molar-refractivity contribution in [2.45, 2.75) is 51.1 Å². The highest BCUT2D eigenvalue weighted by Gasteiger charge is 2.37. The Labute approximate surface area is 207 Å². The van der Waals surface area contributed by atoms with Gasteiger partial charge in [-0.1, -0.05) is 5.21 Å². The first-order valence-corrected chi connectivity index (χ1v) is 11.5. The normalized spacial score (nSPS) is 15.8. The average molecular weight is 528 g/mol. The summed E-state index contributed by atoms with van der Waals surface area (Å²) in [7, 11) is 0. The average Bonchev–Trinajstić information content (AvgIpc) is 3.32. The van der Waals surface area contributed by atoms with Gasteiger partial charge in [0.15, 0.2) is 0 Å². The van der Waals surface area contributed by atoms with Gasteiger partial charge < -0.3 is 15.0 Å². The van der Waals surface area contributed by atoms with Crippen molar-refractivity contribution >= 4 is 11.5 Å². The quantitative estimate of drug-likeness (QED) is 0.406. The van der Waals surface area contributed by atoms with Gasteiger partial charge >= 0.3 is 6.18 Å². The van der Waals surface area contributed by atoms with Crippen LogP contribution in [-0.4, -0.2) is 55.9 Å². The number of aromatic amines is 1. The van der Waals surface area contributed by atoms with E-state index >= 15 is 0 Å². The summed E-state index contributed by atoms with van der Waals surface area (Å²) in [4.78, 5) is 17.7. The molecule has 10 nitrogen and oxygen atoms in total. The Kier molecular flexibility index (Phi) is 8.00. The molecular formula is C22H25F5N8O2. The van der Waals surface area contributed by atoms with Crippen LogP contribution in [-0.2, 0) is 17.5 Å². The van der Waals surface area contributed by atoms with Crippen molar-refractivity contribution in [3.05, 3.63) is 57.9 Å². The number of alkyl halides is 5. The van der Waals surface area contributed by atoms with Crippen LogP contribution in [0.1, 0.15) is 49.1 Å². The third kappa shape index (κ3) is 6.58. The van der Waals surface area contributed by atoms with Gasteiger partial charge in [0.05, 0.1) is 37.3 Å². The van der Waals surface area contributed by atoms with E-state index in [-0.39, 0.29) is 24.8 Å². The van der Waals surface area contributed by atoms with Crippen molar-refractivity contribution < 1.29 is 26.7 Å². The van der Waals surface area contributed by atoms with Gasteiger partial charge in [-0.2, -0.15) is 18.3 Å². The number of hydrogen-bond donors (Lipinski definition) is 2. The third-order valence-corrected chi connectivity index (χ3v) is 5.90. The molecule has 0 saturated carbocycles. The number of piperidine rings is 1. The van der Waals surface area contributed by atoms with Crippen molar-refractivity contribution in [2.75, 3.05) is 29.9 Å². The lowest BCUT2D eigenvalue weighted by Gasteiger charge is -2.32. The Hall–Kier alpha value is -3.62. The summed E-state index contributed by atoms with van der Waals surface area (Å²) in [6.07, 6.45) is -2.00. The Morgan fingerprint density at radius 2 is 1.97 bits per heavy atom. The van der Waals surface area contributed by atoms with Crippen LogP contribution in [0.2, 0.25) is 0 Å². The summed E-state index contributed by atoms with van der Waals surface area (Å²) < 4.78 is 72.3. The van der Waals surface area contributed by atoms with E-state index in [0.717, 1.165) is 19.0 Å². The summed E-state index contributed by atoms with van der Waals surface area (Å²) in [5.74, 6) is 0.650. The second-order valence-electron chi connectivity index (χ2n) is 8.70. The van der Waals surface area contributed by atoms with E-state index in [0.29, 0.717) is 24.6 Å². The Morgan fingerprint density at radius 3 is 2.62 bits per heavy atom. The minimum atomic E-state index is -4.83. The maximum Gasteiger partial charge on any atom is 0.423 e. The van der Waals surface area contributed by atoms with Gasteiger partial charge in [-0.3, -0.25) is 4.79 Å². The van der Waals surface area contributed by atoms with E-state index in [1.165, 1.54) is 12.3 Å². The van der Waals surface area contributed by atoms with Crippen LogP contribution in [0.5, 0.6) is 0 Å². The second kappa shape index (κ2) is 11.2. The van der Waals surface area contributed by atoms with Crippen molar-refractivity contribution in [1.82, 2.24) is 30.2 Å². The summed E-state index contributed by atoms with van der Waals surface area (Å²) >= 11 is 0. The van der Waals surface area contributed by atoms with Gasteiger partial charge in [0.1, 0.15) is 17.1 Å². The molecule has 0 aliphatic carbocycles. The minimum Gasteiger partial charge on any atom is -0.378 e. The number of nitrogens with zero attached hydrogens (tertiary/aromatic N) is 6. The van der Waals surface area contributed by atoms with Gasteiger partial charge in [0, 0.05) is 30.9 Å². The topological polar surface area (TPSA) is 114 Å². The highest BCUT2D eigenvalue weighted by Crippen LogP contribution is 2.31. The standard InChI is InChI=1S/C22H25F5N8O2/c1-13(30-17-9-29-32-21(36)19(17)22(25,26)27)11-37-12-15-10-35(33-31-15)16-4-6-34(7-5-16)18-3-2-14(8-28-18)20(23)24/h2-3,8-10,13,16,20H,4-7,11-12H2,1H3,(H2,30,32,36). The number of halogens is 5. The molecule has 15 heteroatoms. The summed E-state index contributed by atoms with van der Waals surface area (Å²) in [5, 5.41) is 16.1. The van der Waals surface area contributed by atoms with E-state index in [1.807, 2.05) is 4.90 Å². The van der Waals surface area contributed by atoms with Gasteiger partial charge in [0.2, 0.25) is 0 Å². The molecule has 3 aromatic rings. The SMILES string of the molecule is CC(COCc1cn(C2CCN(c3ccc(C(F)F)cn3)CC2)nn1)Nc1cn[nH]c(=O)c1C(F)(F)F. The Bertz CT molecular complexity index is 1220. The number of anilines is 2. The minimum absolute atomic E-state index is 0.0483. The van der Waals surface area contributed by atoms with Crippen molar-refractivity contribution in [3.8, 4) is 0 Å². The molecule has 37 heavy (non-hydrogen) atoms. The van der Waals surface area contributed by atoms with Crippen LogP contribution < -0.4 is 15.8 Å². The van der Waals surface area contributed by atoms with Gasteiger partial charge in [-0.15, -0.1) is 5.10 Å². The molecule has 4 rings (SSSR count). The molecule has 0 aromatic carbocycles. The number of pyridine rings is 1. The first-order chi connectivity index (χ1) is 17.6. The summed E-state index contributed by atoms with van der Waals surface area (Å²) in [5.41, 5.74) is -2.64. The van der Waals surface area contributed by atoms with Gasteiger partial charge in [-0.05, 0) is 31.9 Å². The second-order valence-corrected chi connectivity index (χ2v) is 8.70. The molecule has 3 aromatic heterocycles. The van der Waals surface area contributed by atoms with Crippen LogP contribution >= 0.6 is 0 Å². The molecule has 200 valence electrons. The molecule has 0 bridgehead atoms. The fourth-order valence-electron chi connectivity index (χ4n) is 4.07. The first kappa shape index (κ1) is 26.4. The fraction of sp³-hybridized carbons (Fsp3) is 0.500. The van der Waals surface area contributed by atoms with E-state index < -0.39 is 35.5 Å². The van der Waals surface area contributed by atoms with Crippen molar-refractivity contribution in [3.63, 3.8) is 0 Å². The number of H-pyrrole nitrogens is 1. The molecule has 1 unspecified atom stereocenters. The molecule has 0 amide bonds. The molecule has 0 spiro atoms. The Morgan fingerprint density at radius 1 is 1.22 bits per heavy atom. The molecule has 0 radical (unpaired) electrons. The first-order valence-electron chi connectivity index (χ1n) is 11.5. The fourth-order valence-corrected chi connectivity index (χ4v) is 4.07. The van der Waals surface area contributed by atoms with Crippen molar-refractivity contribution in [2.24, 2.45) is 0 Å². The lowest BCUT2D eigenvalue weighted by Crippen LogP contribution is -2.35. The smallest absolute Gasteiger partial charge is 0.378 e. The number of ether oxygens (including phenoxy) is 1. The van der Waals surface area contributed by atoms with Crippen LogP contribution in [0, 0.1) is 0 Å². The van der Waals surface area contributed by atoms with Crippen molar-refractivity contribution in [1.29, 1.82) is 0 Å². The highest BCUT2D eigenvalue weighted by atomic mass is 19.4. The Balaban J connectivity index is 1.24. The van der Waals surface area contributed by atoms with E-state index in [9.17, 15) is 26.7 Å². The molecule has 4 heterocycles. The zero-order valence-electron chi connectivity index (χ0n) is 19.8. The number of aromatic nitrogens is 6. The van der Waals surface area contributed by atoms with Crippen LogP contribution in [0.3, 0.4) is 0 Å². The highest BCUT2D eigenvalue weighted by molar-refractivity contribution is 5.50. The molecule has 2 N–H and O–H groups in total. The van der Waals surface area contributed by atoms with Gasteiger partial charge in [-0.25, -0.2) is 23.5 Å². The van der Waals surface area contributed by atoms with Crippen LogP contribution in [0.15, 0.2) is 35.5 Å². The predicted octanol–water partition coefficient (Wildman–Crippen LogP) is 3.57. The summed E-state index contributed by atoms with van der Waals surface area (Å²) in [6, 6.07) is 2.53. The van der Waals surface area contributed by atoms with Gasteiger partial charge in [0.25, 0.3) is 12.0 Å². The molecular weight excluding hydrogens is 503 g/mol. The van der Waals surface area contributed by atoms with E-state index in [2.05, 4.69) is 25.7 Å².